The summed E-state index contributed by atoms with van der Waals surface area (Å²) in [6, 6.07) is 9.18. The maximum Gasteiger partial charge on any atom is 0.0991 e. The predicted molar refractivity (Wildman–Crippen MR) is 85.8 cm³/mol. The molecule has 0 heterocycles. The van der Waals surface area contributed by atoms with Crippen LogP contribution in [0.5, 0.6) is 0 Å². The molecule has 0 aromatic heterocycles. The van der Waals surface area contributed by atoms with Gasteiger partial charge in [0.25, 0.3) is 0 Å². The van der Waals surface area contributed by atoms with Gasteiger partial charge in [0.1, 0.15) is 0 Å². The van der Waals surface area contributed by atoms with Crippen molar-refractivity contribution in [3.05, 3.63) is 35.4 Å². The van der Waals surface area contributed by atoms with Crippen molar-refractivity contribution < 1.29 is 5.11 Å². The number of nitrogens with zero attached hydrogens (tertiary/aromatic N) is 1. The lowest BCUT2D eigenvalue weighted by Crippen LogP contribution is -2.22. The third kappa shape index (κ3) is 6.95. The highest BCUT2D eigenvalue weighted by molar-refractivity contribution is 7.98. The zero-order valence-corrected chi connectivity index (χ0v) is 13.0. The fraction of sp³-hybridized carbons (Fsp3) is 0.562. The molecule has 2 N–H and O–H groups in total. The second-order valence-corrected chi connectivity index (χ2v) is 5.85. The van der Waals surface area contributed by atoms with Gasteiger partial charge in [-0.25, -0.2) is 0 Å². The molecule has 0 aliphatic heterocycles. The number of hydrogen-bond donors (Lipinski definition) is 2. The fourth-order valence-electron chi connectivity index (χ4n) is 1.99. The van der Waals surface area contributed by atoms with E-state index in [4.69, 9.17) is 5.26 Å². The molecule has 0 fully saturated rings. The van der Waals surface area contributed by atoms with Crippen molar-refractivity contribution in [2.24, 2.45) is 0 Å². The van der Waals surface area contributed by atoms with Gasteiger partial charge in [0.15, 0.2) is 0 Å². The van der Waals surface area contributed by atoms with Crippen molar-refractivity contribution in [1.29, 1.82) is 5.26 Å². The van der Waals surface area contributed by atoms with Crippen LogP contribution in [0.25, 0.3) is 0 Å². The molecule has 1 aromatic rings. The first-order chi connectivity index (χ1) is 9.77. The number of benzene rings is 1. The molecule has 0 aliphatic carbocycles. The van der Waals surface area contributed by atoms with E-state index in [0.717, 1.165) is 18.5 Å². The van der Waals surface area contributed by atoms with Crippen LogP contribution < -0.4 is 5.32 Å². The van der Waals surface area contributed by atoms with E-state index < -0.39 is 6.10 Å². The third-order valence-corrected chi connectivity index (χ3v) is 3.91. The molecule has 0 amide bonds. The van der Waals surface area contributed by atoms with Gasteiger partial charge >= 0.3 is 0 Å². The summed E-state index contributed by atoms with van der Waals surface area (Å²) >= 11 is 1.91. The normalized spacial score (nSPS) is 12.1. The molecule has 3 nitrogen and oxygen atoms in total. The van der Waals surface area contributed by atoms with Crippen LogP contribution in [-0.4, -0.2) is 30.2 Å². The van der Waals surface area contributed by atoms with E-state index in [1.807, 2.05) is 23.9 Å². The monoisotopic (exact) mass is 292 g/mol. The van der Waals surface area contributed by atoms with Crippen LogP contribution in [0.3, 0.4) is 0 Å². The second-order valence-electron chi connectivity index (χ2n) is 4.86. The maximum absolute atomic E-state index is 10.0. The molecule has 110 valence electrons. The summed E-state index contributed by atoms with van der Waals surface area (Å²) in [5.41, 5.74) is 1.48. The van der Waals surface area contributed by atoms with Gasteiger partial charge in [-0.15, -0.1) is 0 Å². The van der Waals surface area contributed by atoms with Crippen LogP contribution in [0.1, 0.15) is 42.9 Å². The topological polar surface area (TPSA) is 56.0 Å². The molecule has 0 saturated carbocycles. The number of thioether (sulfide) groups is 1. The van der Waals surface area contributed by atoms with Crippen molar-refractivity contribution >= 4 is 11.8 Å². The molecule has 1 aromatic carbocycles. The minimum Gasteiger partial charge on any atom is -0.387 e. The van der Waals surface area contributed by atoms with Gasteiger partial charge in [-0.1, -0.05) is 25.0 Å². The van der Waals surface area contributed by atoms with Crippen LogP contribution in [0.4, 0.5) is 0 Å². The van der Waals surface area contributed by atoms with Crippen molar-refractivity contribution in [3.8, 4) is 6.07 Å². The Morgan fingerprint density at radius 3 is 2.55 bits per heavy atom. The zero-order valence-electron chi connectivity index (χ0n) is 12.1. The quantitative estimate of drug-likeness (QED) is 0.651. The molecule has 1 unspecified atom stereocenters. The molecule has 0 saturated heterocycles. The Morgan fingerprint density at radius 2 is 1.90 bits per heavy atom. The van der Waals surface area contributed by atoms with Gasteiger partial charge in [0.2, 0.25) is 0 Å². The van der Waals surface area contributed by atoms with E-state index in [1.165, 1.54) is 25.0 Å². The summed E-state index contributed by atoms with van der Waals surface area (Å²) in [6.07, 6.45) is 6.65. The smallest absolute Gasteiger partial charge is 0.0991 e. The van der Waals surface area contributed by atoms with Gasteiger partial charge in [-0.3, -0.25) is 0 Å². The molecule has 0 radical (unpaired) electrons. The van der Waals surface area contributed by atoms with E-state index >= 15 is 0 Å². The summed E-state index contributed by atoms with van der Waals surface area (Å²) in [7, 11) is 0. The Hall–Kier alpha value is -1.02. The van der Waals surface area contributed by atoms with E-state index in [-0.39, 0.29) is 0 Å². The molecule has 1 rings (SSSR count). The van der Waals surface area contributed by atoms with Crippen LogP contribution in [0, 0.1) is 11.3 Å². The number of aliphatic hydroxyl groups excluding tert-OH is 1. The molecule has 0 spiro atoms. The van der Waals surface area contributed by atoms with Gasteiger partial charge in [0, 0.05) is 6.54 Å². The molecule has 0 bridgehead atoms. The summed E-state index contributed by atoms with van der Waals surface area (Å²) < 4.78 is 0. The summed E-state index contributed by atoms with van der Waals surface area (Å²) in [4.78, 5) is 0. The summed E-state index contributed by atoms with van der Waals surface area (Å²) in [5, 5.41) is 22.0. The maximum atomic E-state index is 10.0. The van der Waals surface area contributed by atoms with Crippen LogP contribution >= 0.6 is 11.8 Å². The standard InChI is InChI=1S/C16H24N2OS/c1-20-11-5-3-2-4-10-18-13-16(19)15-8-6-14(12-17)7-9-15/h6-9,16,18-19H,2-5,10-11,13H2,1H3. The summed E-state index contributed by atoms with van der Waals surface area (Å²) in [6.45, 7) is 1.52. The number of nitriles is 1. The first-order valence-corrected chi connectivity index (χ1v) is 8.55. The number of unbranched alkanes of at least 4 members (excludes halogenated alkanes) is 3. The van der Waals surface area contributed by atoms with E-state index in [2.05, 4.69) is 17.6 Å². The number of nitrogens with one attached hydrogen (secondary N) is 1. The average Bonchev–Trinajstić information content (AvgIpc) is 2.50. The van der Waals surface area contributed by atoms with Gasteiger partial charge in [0.05, 0.1) is 17.7 Å². The SMILES string of the molecule is CSCCCCCCNCC(O)c1ccc(C#N)cc1. The Labute approximate surface area is 126 Å². The zero-order chi connectivity index (χ0) is 14.6. The average molecular weight is 292 g/mol. The lowest BCUT2D eigenvalue weighted by molar-refractivity contribution is 0.174. The molecule has 1 atom stereocenters. The summed E-state index contributed by atoms with van der Waals surface area (Å²) in [5.74, 6) is 1.25. The minimum atomic E-state index is -0.501. The predicted octanol–water partition coefficient (Wildman–Crippen LogP) is 3.10. The molecular formula is C16H24N2OS. The number of aliphatic hydroxyl groups is 1. The van der Waals surface area contributed by atoms with Gasteiger partial charge in [-0.05, 0) is 49.1 Å². The third-order valence-electron chi connectivity index (χ3n) is 3.21. The lowest BCUT2D eigenvalue weighted by Gasteiger charge is -2.12. The Balaban J connectivity index is 2.10. The molecule has 20 heavy (non-hydrogen) atoms. The van der Waals surface area contributed by atoms with Gasteiger partial charge < -0.3 is 10.4 Å². The van der Waals surface area contributed by atoms with Crippen molar-refractivity contribution in [3.63, 3.8) is 0 Å². The lowest BCUT2D eigenvalue weighted by atomic mass is 10.1. The largest absolute Gasteiger partial charge is 0.387 e. The Morgan fingerprint density at radius 1 is 1.20 bits per heavy atom. The molecule has 4 heteroatoms. The Kier molecular flexibility index (Phi) is 9.14. The Bertz CT molecular complexity index is 400. The first kappa shape index (κ1) is 17.0. The van der Waals surface area contributed by atoms with Crippen LogP contribution in [-0.2, 0) is 0 Å². The van der Waals surface area contributed by atoms with Crippen molar-refractivity contribution in [2.75, 3.05) is 25.1 Å². The highest BCUT2D eigenvalue weighted by Gasteiger charge is 2.06. The van der Waals surface area contributed by atoms with E-state index in [1.54, 1.807) is 12.1 Å². The van der Waals surface area contributed by atoms with Gasteiger partial charge in [-0.2, -0.15) is 17.0 Å². The first-order valence-electron chi connectivity index (χ1n) is 7.15. The molecule has 0 aliphatic rings. The second kappa shape index (κ2) is 10.7. The van der Waals surface area contributed by atoms with Crippen molar-refractivity contribution in [2.45, 2.75) is 31.8 Å². The van der Waals surface area contributed by atoms with Crippen molar-refractivity contribution in [1.82, 2.24) is 5.32 Å². The molecular weight excluding hydrogens is 268 g/mol. The highest BCUT2D eigenvalue weighted by Crippen LogP contribution is 2.12. The van der Waals surface area contributed by atoms with E-state index in [0.29, 0.717) is 12.1 Å². The van der Waals surface area contributed by atoms with Crippen LogP contribution in [0.2, 0.25) is 0 Å². The minimum absolute atomic E-state index is 0.501. The van der Waals surface area contributed by atoms with Crippen LogP contribution in [0.15, 0.2) is 24.3 Å². The highest BCUT2D eigenvalue weighted by atomic mass is 32.2. The number of hydrogen-bond acceptors (Lipinski definition) is 4. The number of rotatable bonds is 10. The van der Waals surface area contributed by atoms with E-state index in [9.17, 15) is 5.11 Å². The fourth-order valence-corrected chi connectivity index (χ4v) is 2.48.